The van der Waals surface area contributed by atoms with E-state index in [0.29, 0.717) is 31.5 Å². The van der Waals surface area contributed by atoms with Gasteiger partial charge in [0.15, 0.2) is 5.65 Å². The van der Waals surface area contributed by atoms with Crippen molar-refractivity contribution in [2.24, 2.45) is 5.73 Å². The van der Waals surface area contributed by atoms with Gasteiger partial charge in [-0.25, -0.2) is 9.50 Å². The molecule has 2 heterocycles. The summed E-state index contributed by atoms with van der Waals surface area (Å²) >= 11 is 0. The highest BCUT2D eigenvalue weighted by Gasteiger charge is 2.18. The smallest absolute Gasteiger partial charge is 0.254 e. The Balaban J connectivity index is 2.16. The van der Waals surface area contributed by atoms with Crippen molar-refractivity contribution in [3.05, 3.63) is 28.7 Å². The quantitative estimate of drug-likeness (QED) is 0.761. The molecule has 0 aliphatic rings. The number of aryl methyl sites for hydroxylation is 2. The lowest BCUT2D eigenvalue weighted by atomic mass is 10.1. The van der Waals surface area contributed by atoms with Crippen molar-refractivity contribution in [3.8, 4) is 0 Å². The van der Waals surface area contributed by atoms with E-state index in [1.54, 1.807) is 23.4 Å². The lowest BCUT2D eigenvalue weighted by Crippen LogP contribution is -2.29. The Bertz CT molecular complexity index is 797. The van der Waals surface area contributed by atoms with Crippen LogP contribution in [0.3, 0.4) is 0 Å². The van der Waals surface area contributed by atoms with Gasteiger partial charge in [-0.2, -0.15) is 5.10 Å². The Morgan fingerprint density at radius 1 is 1.40 bits per heavy atom. The first-order valence-corrected chi connectivity index (χ1v) is 8.28. The third-order valence-electron chi connectivity index (χ3n) is 4.37. The normalized spacial score (nSPS) is 12.4. The van der Waals surface area contributed by atoms with Crippen molar-refractivity contribution in [2.75, 3.05) is 13.6 Å². The molecule has 0 aliphatic heterocycles. The van der Waals surface area contributed by atoms with E-state index in [2.05, 4.69) is 10.1 Å². The first kappa shape index (κ1) is 18.9. The van der Waals surface area contributed by atoms with Gasteiger partial charge in [0.1, 0.15) is 5.56 Å². The lowest BCUT2D eigenvalue weighted by molar-refractivity contribution is -0.130. The van der Waals surface area contributed by atoms with E-state index in [4.69, 9.17) is 5.73 Å². The third kappa shape index (κ3) is 4.14. The van der Waals surface area contributed by atoms with Crippen molar-refractivity contribution in [3.63, 3.8) is 0 Å². The Labute approximate surface area is 146 Å². The van der Waals surface area contributed by atoms with Crippen molar-refractivity contribution in [1.82, 2.24) is 19.5 Å². The van der Waals surface area contributed by atoms with Gasteiger partial charge in [-0.3, -0.25) is 9.59 Å². The van der Waals surface area contributed by atoms with Gasteiger partial charge in [0, 0.05) is 31.4 Å². The number of aromatic nitrogens is 3. The van der Waals surface area contributed by atoms with E-state index in [9.17, 15) is 14.7 Å². The number of hydrogen-bond donors (Lipinski definition) is 2. The number of carbonyl (C=O) groups is 2. The molecule has 2 aromatic heterocycles. The van der Waals surface area contributed by atoms with Crippen LogP contribution in [-0.4, -0.2) is 56.1 Å². The fourth-order valence-corrected chi connectivity index (χ4v) is 2.77. The van der Waals surface area contributed by atoms with Crippen LogP contribution < -0.4 is 5.73 Å². The maximum absolute atomic E-state index is 12.2. The summed E-state index contributed by atoms with van der Waals surface area (Å²) in [5.41, 5.74) is 8.60. The molecule has 0 fully saturated rings. The first-order chi connectivity index (χ1) is 11.7. The van der Waals surface area contributed by atoms with Crippen molar-refractivity contribution >= 4 is 17.5 Å². The van der Waals surface area contributed by atoms with Gasteiger partial charge in [0.05, 0.1) is 12.3 Å². The summed E-state index contributed by atoms with van der Waals surface area (Å²) in [4.78, 5) is 29.8. The van der Waals surface area contributed by atoms with Crippen LogP contribution in [0.4, 0.5) is 0 Å². The number of aliphatic hydroxyl groups excluding tert-OH is 1. The molecule has 0 aliphatic carbocycles. The van der Waals surface area contributed by atoms with Crippen molar-refractivity contribution in [2.45, 2.75) is 46.1 Å². The largest absolute Gasteiger partial charge is 0.393 e. The molecular formula is C17H25N5O3. The lowest BCUT2D eigenvalue weighted by Gasteiger charge is -2.18. The summed E-state index contributed by atoms with van der Waals surface area (Å²) in [5.74, 6) is -0.554. The molecule has 2 rings (SSSR count). The second kappa shape index (κ2) is 7.60. The number of nitrogens with zero attached hydrogens (tertiary/aromatic N) is 4. The van der Waals surface area contributed by atoms with Crippen LogP contribution in [0.1, 0.15) is 47.1 Å². The molecule has 1 atom stereocenters. The minimum absolute atomic E-state index is 0.0119. The molecule has 0 aromatic carbocycles. The maximum atomic E-state index is 12.2. The summed E-state index contributed by atoms with van der Waals surface area (Å²) in [5, 5.41) is 13.5. The Morgan fingerprint density at radius 2 is 2.08 bits per heavy atom. The van der Waals surface area contributed by atoms with Crippen LogP contribution in [0.15, 0.2) is 6.20 Å². The van der Waals surface area contributed by atoms with Gasteiger partial charge >= 0.3 is 0 Å². The first-order valence-electron chi connectivity index (χ1n) is 8.28. The van der Waals surface area contributed by atoms with Gasteiger partial charge in [-0.15, -0.1) is 0 Å². The molecule has 8 nitrogen and oxygen atoms in total. The van der Waals surface area contributed by atoms with Crippen molar-refractivity contribution in [1.29, 1.82) is 0 Å². The highest BCUT2D eigenvalue weighted by Crippen LogP contribution is 2.18. The number of carbonyl (C=O) groups excluding carboxylic acids is 2. The van der Waals surface area contributed by atoms with E-state index in [-0.39, 0.29) is 11.5 Å². The van der Waals surface area contributed by atoms with Gasteiger partial charge in [0.2, 0.25) is 5.91 Å². The summed E-state index contributed by atoms with van der Waals surface area (Å²) in [6.45, 7) is 5.96. The molecule has 3 N–H and O–H groups in total. The second-order valence-electron chi connectivity index (χ2n) is 6.37. The van der Waals surface area contributed by atoms with E-state index in [1.165, 1.54) is 6.20 Å². The SMILES string of the molecule is Cc1nc2c(C(N)=O)cnn2c(C)c1CCC(=O)N(C)CCC(C)O. The second-order valence-corrected chi connectivity index (χ2v) is 6.37. The highest BCUT2D eigenvalue weighted by molar-refractivity contribution is 5.98. The minimum Gasteiger partial charge on any atom is -0.393 e. The standard InChI is InChI=1S/C17H25N5O3/c1-10(23)7-8-21(4)15(24)6-5-13-11(2)20-17-14(16(18)25)9-19-22(17)12(13)3/h9-10,23H,5-8H2,1-4H3,(H2,18,25). The molecule has 0 bridgehead atoms. The topological polar surface area (TPSA) is 114 Å². The van der Waals surface area contributed by atoms with Crippen LogP contribution in [0.2, 0.25) is 0 Å². The average Bonchev–Trinajstić information content (AvgIpc) is 2.96. The van der Waals surface area contributed by atoms with Crippen LogP contribution in [0, 0.1) is 13.8 Å². The summed E-state index contributed by atoms with van der Waals surface area (Å²) in [6, 6.07) is 0. The van der Waals surface area contributed by atoms with Crippen LogP contribution in [0.25, 0.3) is 5.65 Å². The molecule has 25 heavy (non-hydrogen) atoms. The molecule has 8 heteroatoms. The van der Waals surface area contributed by atoms with Gasteiger partial charge in [-0.1, -0.05) is 0 Å². The molecule has 0 spiro atoms. The fourth-order valence-electron chi connectivity index (χ4n) is 2.77. The van der Waals surface area contributed by atoms with Crippen LogP contribution >= 0.6 is 0 Å². The molecule has 0 saturated heterocycles. The predicted octanol–water partition coefficient (Wildman–Crippen LogP) is 0.607. The number of rotatable bonds is 7. The number of fused-ring (bicyclic) bond motifs is 1. The number of amides is 2. The number of hydrogen-bond acceptors (Lipinski definition) is 5. The molecule has 136 valence electrons. The van der Waals surface area contributed by atoms with Crippen LogP contribution in [0.5, 0.6) is 0 Å². The predicted molar refractivity (Wildman–Crippen MR) is 93.2 cm³/mol. The van der Waals surface area contributed by atoms with E-state index in [1.807, 2.05) is 13.8 Å². The molecule has 2 amide bonds. The van der Waals surface area contributed by atoms with E-state index >= 15 is 0 Å². The zero-order valence-corrected chi connectivity index (χ0v) is 15.1. The molecular weight excluding hydrogens is 322 g/mol. The number of primary amides is 1. The van der Waals surface area contributed by atoms with Crippen molar-refractivity contribution < 1.29 is 14.7 Å². The summed E-state index contributed by atoms with van der Waals surface area (Å²) < 4.78 is 1.59. The average molecular weight is 347 g/mol. The van der Waals surface area contributed by atoms with Gasteiger partial charge < -0.3 is 15.7 Å². The Hall–Kier alpha value is -2.48. The van der Waals surface area contributed by atoms with E-state index in [0.717, 1.165) is 17.0 Å². The van der Waals surface area contributed by atoms with Gasteiger partial charge in [-0.05, 0) is 39.2 Å². The Kier molecular flexibility index (Phi) is 5.73. The third-order valence-corrected chi connectivity index (χ3v) is 4.37. The maximum Gasteiger partial charge on any atom is 0.254 e. The number of nitrogens with two attached hydrogens (primary N) is 1. The number of aliphatic hydroxyl groups is 1. The Morgan fingerprint density at radius 3 is 2.68 bits per heavy atom. The zero-order valence-electron chi connectivity index (χ0n) is 15.1. The molecule has 2 aromatic rings. The van der Waals surface area contributed by atoms with Gasteiger partial charge in [0.25, 0.3) is 5.91 Å². The van der Waals surface area contributed by atoms with E-state index < -0.39 is 12.0 Å². The molecule has 1 unspecified atom stereocenters. The zero-order chi connectivity index (χ0) is 18.7. The monoisotopic (exact) mass is 347 g/mol. The minimum atomic E-state index is -0.566. The highest BCUT2D eigenvalue weighted by atomic mass is 16.3. The molecule has 0 saturated carbocycles. The molecule has 0 radical (unpaired) electrons. The summed E-state index contributed by atoms with van der Waals surface area (Å²) in [7, 11) is 1.73. The van der Waals surface area contributed by atoms with Crippen LogP contribution in [-0.2, 0) is 11.2 Å². The fraction of sp³-hybridized carbons (Fsp3) is 0.529. The summed E-state index contributed by atoms with van der Waals surface area (Å²) in [6.07, 6.45) is 2.41.